The van der Waals surface area contributed by atoms with Gasteiger partial charge in [-0.15, -0.1) is 0 Å². The summed E-state index contributed by atoms with van der Waals surface area (Å²) < 4.78 is 4.44. The fourth-order valence-corrected chi connectivity index (χ4v) is 3.91. The number of benzene rings is 1. The molecule has 6 heteroatoms. The first kappa shape index (κ1) is 14.2. The van der Waals surface area contributed by atoms with Crippen molar-refractivity contribution in [2.24, 2.45) is 0 Å². The Morgan fingerprint density at radius 1 is 1.00 bits per heavy atom. The molecule has 0 radical (unpaired) electrons. The first-order valence-corrected chi connectivity index (χ1v) is 9.23. The molecule has 1 aromatic carbocycles. The predicted octanol–water partition coefficient (Wildman–Crippen LogP) is 3.64. The standard InChI is InChI=1S/C20H18N6/c1-2-18-23-19(16-7-11-26(24-16)14-4-5-14)20(25(18)10-1)13-3-6-15-17(12-13)22-9-8-21-15/h3,6-9,11-12,14H,1-2,4-5,10H2. The van der Waals surface area contributed by atoms with Gasteiger partial charge in [-0.05, 0) is 37.5 Å². The second-order valence-electron chi connectivity index (χ2n) is 7.15. The van der Waals surface area contributed by atoms with E-state index >= 15 is 0 Å². The minimum Gasteiger partial charge on any atom is -0.327 e. The monoisotopic (exact) mass is 342 g/mol. The average molecular weight is 342 g/mol. The number of aryl methyl sites for hydroxylation is 1. The number of fused-ring (bicyclic) bond motifs is 2. The molecule has 0 unspecified atom stereocenters. The van der Waals surface area contributed by atoms with Gasteiger partial charge >= 0.3 is 0 Å². The second kappa shape index (κ2) is 5.24. The van der Waals surface area contributed by atoms with Crippen LogP contribution in [0.5, 0.6) is 0 Å². The van der Waals surface area contributed by atoms with E-state index in [1.165, 1.54) is 12.8 Å². The van der Waals surface area contributed by atoms with Crippen molar-refractivity contribution in [3.05, 3.63) is 48.7 Å². The van der Waals surface area contributed by atoms with E-state index in [0.29, 0.717) is 6.04 Å². The number of imidazole rings is 1. The molecule has 128 valence electrons. The molecule has 3 aromatic heterocycles. The van der Waals surface area contributed by atoms with Gasteiger partial charge < -0.3 is 4.57 Å². The second-order valence-corrected chi connectivity index (χ2v) is 7.15. The number of rotatable bonds is 3. The van der Waals surface area contributed by atoms with Gasteiger partial charge in [-0.1, -0.05) is 6.07 Å². The number of aromatic nitrogens is 6. The molecule has 6 nitrogen and oxygen atoms in total. The van der Waals surface area contributed by atoms with E-state index in [1.54, 1.807) is 12.4 Å². The summed E-state index contributed by atoms with van der Waals surface area (Å²) in [6.45, 7) is 1.01. The lowest BCUT2D eigenvalue weighted by Crippen LogP contribution is -1.98. The molecule has 26 heavy (non-hydrogen) atoms. The number of nitrogens with zero attached hydrogens (tertiary/aromatic N) is 6. The quantitative estimate of drug-likeness (QED) is 0.570. The maximum absolute atomic E-state index is 4.96. The minimum atomic E-state index is 0.581. The zero-order chi connectivity index (χ0) is 17.1. The Morgan fingerprint density at radius 3 is 2.77 bits per heavy atom. The lowest BCUT2D eigenvalue weighted by molar-refractivity contribution is 0.643. The molecular weight excluding hydrogens is 324 g/mol. The third-order valence-electron chi connectivity index (χ3n) is 5.34. The average Bonchev–Trinajstić information content (AvgIpc) is 3.08. The Balaban J connectivity index is 1.55. The van der Waals surface area contributed by atoms with Gasteiger partial charge in [0.25, 0.3) is 0 Å². The van der Waals surface area contributed by atoms with Crippen molar-refractivity contribution < 1.29 is 0 Å². The largest absolute Gasteiger partial charge is 0.327 e. The molecule has 0 amide bonds. The predicted molar refractivity (Wildman–Crippen MR) is 98.6 cm³/mol. The molecule has 1 aliphatic heterocycles. The van der Waals surface area contributed by atoms with Crippen LogP contribution in [0, 0.1) is 0 Å². The first-order valence-electron chi connectivity index (χ1n) is 9.23. The zero-order valence-electron chi connectivity index (χ0n) is 14.3. The van der Waals surface area contributed by atoms with Gasteiger partial charge in [0.1, 0.15) is 17.2 Å². The zero-order valence-corrected chi connectivity index (χ0v) is 14.3. The van der Waals surface area contributed by atoms with Gasteiger partial charge in [0.15, 0.2) is 0 Å². The van der Waals surface area contributed by atoms with Gasteiger partial charge in [0.05, 0.1) is 22.8 Å². The summed E-state index contributed by atoms with van der Waals surface area (Å²) in [5.41, 5.74) is 6.07. The molecule has 6 rings (SSSR count). The molecule has 1 aliphatic carbocycles. The minimum absolute atomic E-state index is 0.581. The van der Waals surface area contributed by atoms with Gasteiger partial charge in [0, 0.05) is 37.1 Å². The van der Waals surface area contributed by atoms with E-state index in [-0.39, 0.29) is 0 Å². The fourth-order valence-electron chi connectivity index (χ4n) is 3.91. The van der Waals surface area contributed by atoms with E-state index in [1.807, 2.05) is 6.07 Å². The summed E-state index contributed by atoms with van der Waals surface area (Å²) >= 11 is 0. The fraction of sp³-hybridized carbons (Fsp3) is 0.300. The third kappa shape index (κ3) is 2.11. The van der Waals surface area contributed by atoms with Crippen LogP contribution in [-0.2, 0) is 13.0 Å². The Kier molecular flexibility index (Phi) is 2.86. The summed E-state index contributed by atoms with van der Waals surface area (Å²) in [5, 5.41) is 4.82. The van der Waals surface area contributed by atoms with Crippen molar-refractivity contribution in [3.8, 4) is 22.6 Å². The van der Waals surface area contributed by atoms with Crippen LogP contribution >= 0.6 is 0 Å². The number of hydrogen-bond donors (Lipinski definition) is 0. The molecule has 0 atom stereocenters. The van der Waals surface area contributed by atoms with Crippen LogP contribution in [-0.4, -0.2) is 29.3 Å². The van der Waals surface area contributed by atoms with Crippen molar-refractivity contribution in [2.45, 2.75) is 38.3 Å². The molecule has 4 aromatic rings. The van der Waals surface area contributed by atoms with E-state index in [9.17, 15) is 0 Å². The molecule has 0 spiro atoms. The normalized spacial score (nSPS) is 16.3. The van der Waals surface area contributed by atoms with Crippen LogP contribution in [0.3, 0.4) is 0 Å². The highest BCUT2D eigenvalue weighted by molar-refractivity contribution is 5.85. The van der Waals surface area contributed by atoms with Crippen molar-refractivity contribution in [1.29, 1.82) is 0 Å². The van der Waals surface area contributed by atoms with Crippen LogP contribution in [0.25, 0.3) is 33.7 Å². The van der Waals surface area contributed by atoms with Crippen LogP contribution < -0.4 is 0 Å². The summed E-state index contributed by atoms with van der Waals surface area (Å²) in [5.74, 6) is 1.16. The van der Waals surface area contributed by atoms with E-state index in [4.69, 9.17) is 10.1 Å². The van der Waals surface area contributed by atoms with Crippen LogP contribution in [0.1, 0.15) is 31.1 Å². The molecular formula is C20H18N6. The summed E-state index contributed by atoms with van der Waals surface area (Å²) in [6, 6.07) is 8.96. The smallest absolute Gasteiger partial charge is 0.117 e. The van der Waals surface area contributed by atoms with Crippen molar-refractivity contribution >= 4 is 11.0 Å². The third-order valence-corrected chi connectivity index (χ3v) is 5.34. The lowest BCUT2D eigenvalue weighted by atomic mass is 10.1. The molecule has 4 heterocycles. The van der Waals surface area contributed by atoms with Crippen molar-refractivity contribution in [1.82, 2.24) is 29.3 Å². The molecule has 1 fully saturated rings. The Hall–Kier alpha value is -3.02. The molecule has 0 bridgehead atoms. The highest BCUT2D eigenvalue weighted by Gasteiger charge is 2.27. The molecule has 1 saturated carbocycles. The molecule has 0 N–H and O–H groups in total. The SMILES string of the molecule is c1cnc2cc(-c3c(-c4ccn(C5CC5)n4)nc4n3CCC4)ccc2n1. The highest BCUT2D eigenvalue weighted by atomic mass is 15.3. The van der Waals surface area contributed by atoms with E-state index in [0.717, 1.165) is 58.9 Å². The Bertz CT molecular complexity index is 1130. The van der Waals surface area contributed by atoms with Crippen molar-refractivity contribution in [3.63, 3.8) is 0 Å². The van der Waals surface area contributed by atoms with Crippen LogP contribution in [0.15, 0.2) is 42.9 Å². The summed E-state index contributed by atoms with van der Waals surface area (Å²) in [4.78, 5) is 13.8. The maximum Gasteiger partial charge on any atom is 0.117 e. The lowest BCUT2D eigenvalue weighted by Gasteiger charge is -2.08. The van der Waals surface area contributed by atoms with Gasteiger partial charge in [-0.3, -0.25) is 14.6 Å². The summed E-state index contributed by atoms with van der Waals surface area (Å²) in [7, 11) is 0. The molecule has 0 saturated heterocycles. The highest BCUT2D eigenvalue weighted by Crippen LogP contribution is 2.38. The Morgan fingerprint density at radius 2 is 1.88 bits per heavy atom. The van der Waals surface area contributed by atoms with Gasteiger partial charge in [0.2, 0.25) is 0 Å². The van der Waals surface area contributed by atoms with E-state index < -0.39 is 0 Å². The Labute approximate surface area is 150 Å². The van der Waals surface area contributed by atoms with Gasteiger partial charge in [-0.2, -0.15) is 5.10 Å². The van der Waals surface area contributed by atoms with Crippen molar-refractivity contribution in [2.75, 3.05) is 0 Å². The number of hydrogen-bond acceptors (Lipinski definition) is 4. The van der Waals surface area contributed by atoms with Crippen LogP contribution in [0.4, 0.5) is 0 Å². The first-order chi connectivity index (χ1) is 12.9. The topological polar surface area (TPSA) is 61.4 Å². The summed E-state index contributed by atoms with van der Waals surface area (Å²) in [6.07, 6.45) is 10.2. The van der Waals surface area contributed by atoms with Crippen LogP contribution in [0.2, 0.25) is 0 Å². The molecule has 2 aliphatic rings. The van der Waals surface area contributed by atoms with E-state index in [2.05, 4.69) is 43.6 Å². The maximum atomic E-state index is 4.96. The van der Waals surface area contributed by atoms with Gasteiger partial charge in [-0.25, -0.2) is 4.98 Å².